The molecule has 2 heterocycles. The van der Waals surface area contributed by atoms with Gasteiger partial charge in [0.2, 0.25) is 0 Å². The van der Waals surface area contributed by atoms with Gasteiger partial charge in [0.15, 0.2) is 5.13 Å². The summed E-state index contributed by atoms with van der Waals surface area (Å²) < 4.78 is 13.6. The minimum absolute atomic E-state index is 0.257. The zero-order chi connectivity index (χ0) is 15.0. The predicted molar refractivity (Wildman–Crippen MR) is 86.4 cm³/mol. The minimum atomic E-state index is -0.257. The first-order valence-corrected chi connectivity index (χ1v) is 7.70. The van der Waals surface area contributed by atoms with Crippen LogP contribution >= 0.6 is 11.3 Å². The number of nitrogens with one attached hydrogen (secondary N) is 1. The van der Waals surface area contributed by atoms with Crippen molar-refractivity contribution >= 4 is 27.4 Å². The second-order valence-electron chi connectivity index (χ2n) is 5.20. The maximum atomic E-state index is 13.6. The first-order chi connectivity index (χ1) is 10.1. The molecule has 0 aliphatic carbocycles. The van der Waals surface area contributed by atoms with Crippen molar-refractivity contribution in [3.05, 3.63) is 41.2 Å². The number of hydrogen-bond acceptors (Lipinski definition) is 4. The van der Waals surface area contributed by atoms with E-state index in [9.17, 15) is 4.39 Å². The highest BCUT2D eigenvalue weighted by Gasteiger charge is 2.13. The van der Waals surface area contributed by atoms with Crippen molar-refractivity contribution in [2.24, 2.45) is 0 Å². The number of halogens is 1. The first-order valence-electron chi connectivity index (χ1n) is 6.82. The lowest BCUT2D eigenvalue weighted by atomic mass is 10.0. The molecule has 3 aromatic rings. The summed E-state index contributed by atoms with van der Waals surface area (Å²) in [5.41, 5.74) is 3.57. The number of nitrogens with zero attached hydrogens (tertiary/aromatic N) is 2. The summed E-state index contributed by atoms with van der Waals surface area (Å²) in [6, 6.07) is 6.72. The Morgan fingerprint density at radius 2 is 2.00 bits per heavy atom. The normalized spacial score (nSPS) is 11.3. The summed E-state index contributed by atoms with van der Waals surface area (Å²) >= 11 is 1.54. The molecule has 0 aliphatic heterocycles. The van der Waals surface area contributed by atoms with Crippen LogP contribution in [0.5, 0.6) is 0 Å². The molecule has 0 amide bonds. The van der Waals surface area contributed by atoms with E-state index in [4.69, 9.17) is 0 Å². The minimum Gasteiger partial charge on any atom is -0.365 e. The molecule has 21 heavy (non-hydrogen) atoms. The Balaban J connectivity index is 2.29. The van der Waals surface area contributed by atoms with Crippen LogP contribution in [0.4, 0.5) is 9.52 Å². The van der Waals surface area contributed by atoms with Crippen molar-refractivity contribution in [2.75, 3.05) is 12.4 Å². The Morgan fingerprint density at radius 1 is 1.19 bits per heavy atom. The van der Waals surface area contributed by atoms with Crippen molar-refractivity contribution in [2.45, 2.75) is 19.8 Å². The van der Waals surface area contributed by atoms with E-state index in [1.807, 2.05) is 18.5 Å². The Morgan fingerprint density at radius 3 is 2.67 bits per heavy atom. The predicted octanol–water partition coefficient (Wildman–Crippen LogP) is 4.66. The molecule has 5 heteroatoms. The monoisotopic (exact) mass is 301 g/mol. The Kier molecular flexibility index (Phi) is 3.59. The van der Waals surface area contributed by atoms with Gasteiger partial charge in [-0.3, -0.25) is 4.98 Å². The summed E-state index contributed by atoms with van der Waals surface area (Å²) in [6.45, 7) is 4.20. The molecular weight excluding hydrogens is 285 g/mol. The van der Waals surface area contributed by atoms with Crippen LogP contribution in [0.25, 0.3) is 22.2 Å². The largest absolute Gasteiger partial charge is 0.365 e. The second-order valence-corrected chi connectivity index (χ2v) is 6.06. The zero-order valence-corrected chi connectivity index (χ0v) is 13.0. The molecule has 0 aliphatic rings. The smallest absolute Gasteiger partial charge is 0.182 e. The van der Waals surface area contributed by atoms with Crippen LogP contribution in [-0.2, 0) is 0 Å². The molecule has 108 valence electrons. The number of hydrogen-bond donors (Lipinski definition) is 1. The van der Waals surface area contributed by atoms with Crippen molar-refractivity contribution in [3.63, 3.8) is 0 Å². The van der Waals surface area contributed by atoms with Gasteiger partial charge < -0.3 is 5.32 Å². The van der Waals surface area contributed by atoms with Gasteiger partial charge in [-0.05, 0) is 30.2 Å². The van der Waals surface area contributed by atoms with Gasteiger partial charge in [-0.25, -0.2) is 9.37 Å². The number of benzene rings is 1. The van der Waals surface area contributed by atoms with Crippen LogP contribution in [0, 0.1) is 5.82 Å². The van der Waals surface area contributed by atoms with Crippen LogP contribution in [-0.4, -0.2) is 17.0 Å². The molecule has 1 aromatic carbocycles. The molecule has 0 radical (unpaired) electrons. The third kappa shape index (κ3) is 2.61. The lowest BCUT2D eigenvalue weighted by molar-refractivity contribution is 0.629. The lowest BCUT2D eigenvalue weighted by Crippen LogP contribution is -1.96. The summed E-state index contributed by atoms with van der Waals surface area (Å²) in [6.07, 6.45) is 0. The van der Waals surface area contributed by atoms with E-state index < -0.39 is 0 Å². The van der Waals surface area contributed by atoms with Crippen LogP contribution in [0.2, 0.25) is 0 Å². The highest BCUT2D eigenvalue weighted by Crippen LogP contribution is 2.32. The first kappa shape index (κ1) is 13.9. The third-order valence-corrected chi connectivity index (χ3v) is 4.24. The van der Waals surface area contributed by atoms with Crippen molar-refractivity contribution in [3.8, 4) is 11.3 Å². The maximum Gasteiger partial charge on any atom is 0.182 e. The quantitative estimate of drug-likeness (QED) is 0.764. The van der Waals surface area contributed by atoms with E-state index in [0.29, 0.717) is 5.92 Å². The summed E-state index contributed by atoms with van der Waals surface area (Å²) in [5, 5.41) is 6.66. The molecule has 0 saturated carbocycles. The highest BCUT2D eigenvalue weighted by atomic mass is 32.1. The van der Waals surface area contributed by atoms with E-state index in [1.54, 1.807) is 6.07 Å². The second kappa shape index (κ2) is 5.41. The van der Waals surface area contributed by atoms with E-state index in [1.165, 1.54) is 23.5 Å². The van der Waals surface area contributed by atoms with Gasteiger partial charge >= 0.3 is 0 Å². The number of thiazole rings is 1. The number of anilines is 1. The van der Waals surface area contributed by atoms with Gasteiger partial charge in [0.25, 0.3) is 0 Å². The zero-order valence-electron chi connectivity index (χ0n) is 12.1. The molecule has 0 atom stereocenters. The van der Waals surface area contributed by atoms with E-state index >= 15 is 0 Å². The van der Waals surface area contributed by atoms with Gasteiger partial charge in [-0.2, -0.15) is 0 Å². The number of pyridine rings is 1. The molecule has 1 N–H and O–H groups in total. The molecule has 0 spiro atoms. The molecule has 0 bridgehead atoms. The van der Waals surface area contributed by atoms with Gasteiger partial charge in [0.1, 0.15) is 5.82 Å². The summed E-state index contributed by atoms with van der Waals surface area (Å²) in [7, 11) is 1.84. The van der Waals surface area contributed by atoms with Crippen LogP contribution in [0.15, 0.2) is 29.6 Å². The summed E-state index contributed by atoms with van der Waals surface area (Å²) in [4.78, 5) is 9.16. The fourth-order valence-electron chi connectivity index (χ4n) is 2.24. The SMILES string of the molecule is CNc1nc(-c2cc(C(C)C)nc3ccc(F)cc23)cs1. The molecule has 0 unspecified atom stereocenters. The number of rotatable bonds is 3. The maximum absolute atomic E-state index is 13.6. The Hall–Kier alpha value is -2.01. The van der Waals surface area contributed by atoms with Crippen molar-refractivity contribution < 1.29 is 4.39 Å². The van der Waals surface area contributed by atoms with Crippen LogP contribution in [0.1, 0.15) is 25.5 Å². The van der Waals surface area contributed by atoms with Gasteiger partial charge in [0.05, 0.1) is 11.2 Å². The van der Waals surface area contributed by atoms with Crippen molar-refractivity contribution in [1.82, 2.24) is 9.97 Å². The number of aromatic nitrogens is 2. The van der Waals surface area contributed by atoms with Crippen LogP contribution < -0.4 is 5.32 Å². The molecular formula is C16H16FN3S. The summed E-state index contributed by atoms with van der Waals surface area (Å²) in [5.74, 6) is 0.0486. The van der Waals surface area contributed by atoms with Crippen molar-refractivity contribution in [1.29, 1.82) is 0 Å². The standard InChI is InChI=1S/C16H16FN3S/c1-9(2)14-7-12(15-8-21-16(18-3)20-15)11-6-10(17)4-5-13(11)19-14/h4-9H,1-3H3,(H,18,20). The molecule has 3 nitrogen and oxygen atoms in total. The molecule has 0 saturated heterocycles. The lowest BCUT2D eigenvalue weighted by Gasteiger charge is -2.10. The van der Waals surface area contributed by atoms with Gasteiger partial charge in [0, 0.05) is 29.1 Å². The number of fused-ring (bicyclic) bond motifs is 1. The van der Waals surface area contributed by atoms with E-state index in [0.717, 1.165) is 33.0 Å². The van der Waals surface area contributed by atoms with Crippen LogP contribution in [0.3, 0.4) is 0 Å². The van der Waals surface area contributed by atoms with Gasteiger partial charge in [-0.15, -0.1) is 11.3 Å². The topological polar surface area (TPSA) is 37.8 Å². The Labute approximate surface area is 126 Å². The fraction of sp³-hybridized carbons (Fsp3) is 0.250. The van der Waals surface area contributed by atoms with E-state index in [2.05, 4.69) is 29.1 Å². The fourth-order valence-corrected chi connectivity index (χ4v) is 2.91. The molecule has 3 rings (SSSR count). The third-order valence-electron chi connectivity index (χ3n) is 3.38. The highest BCUT2D eigenvalue weighted by molar-refractivity contribution is 7.14. The van der Waals surface area contributed by atoms with E-state index in [-0.39, 0.29) is 5.82 Å². The van der Waals surface area contributed by atoms with Gasteiger partial charge in [-0.1, -0.05) is 13.8 Å². The Bertz CT molecular complexity index is 795. The molecule has 0 fully saturated rings. The average Bonchev–Trinajstić information content (AvgIpc) is 2.94. The molecule has 2 aromatic heterocycles. The average molecular weight is 301 g/mol.